The molecule has 6 heteroatoms. The second-order valence-corrected chi connectivity index (χ2v) is 7.60. The van der Waals surface area contributed by atoms with Crippen LogP contribution in [0.2, 0.25) is 0 Å². The van der Waals surface area contributed by atoms with Crippen LogP contribution in [-0.2, 0) is 0 Å². The van der Waals surface area contributed by atoms with E-state index in [4.69, 9.17) is 0 Å². The fourth-order valence-electron chi connectivity index (χ4n) is 4.31. The number of pyridine rings is 1. The fourth-order valence-corrected chi connectivity index (χ4v) is 4.31. The number of carbonyl (C=O) groups is 1. The Balaban J connectivity index is 1.54. The molecule has 0 aliphatic carbocycles. The van der Waals surface area contributed by atoms with Crippen molar-refractivity contribution in [2.75, 3.05) is 47.3 Å². The van der Waals surface area contributed by atoms with Crippen molar-refractivity contribution in [3.63, 3.8) is 0 Å². The van der Waals surface area contributed by atoms with E-state index in [1.54, 1.807) is 0 Å². The van der Waals surface area contributed by atoms with Crippen molar-refractivity contribution in [2.24, 2.45) is 5.92 Å². The number of nitrogens with zero attached hydrogens (tertiary/aromatic N) is 4. The van der Waals surface area contributed by atoms with Crippen LogP contribution < -0.4 is 5.32 Å². The number of likely N-dealkylation sites (tertiary alicyclic amines) is 2. The molecular weight excluding hydrogens is 314 g/mol. The van der Waals surface area contributed by atoms with Gasteiger partial charge in [-0.2, -0.15) is 0 Å². The van der Waals surface area contributed by atoms with Crippen molar-refractivity contribution in [3.8, 4) is 0 Å². The first-order chi connectivity index (χ1) is 12.1. The highest BCUT2D eigenvalue weighted by Crippen LogP contribution is 2.36. The summed E-state index contributed by atoms with van der Waals surface area (Å²) in [5.74, 6) is 0.444. The summed E-state index contributed by atoms with van der Waals surface area (Å²) in [4.78, 5) is 23.3. The zero-order chi connectivity index (χ0) is 17.8. The Morgan fingerprint density at radius 3 is 2.84 bits per heavy atom. The molecule has 3 atom stereocenters. The van der Waals surface area contributed by atoms with Crippen LogP contribution in [0, 0.1) is 5.92 Å². The molecule has 6 nitrogen and oxygen atoms in total. The summed E-state index contributed by atoms with van der Waals surface area (Å²) in [6.07, 6.45) is 7.28. The maximum absolute atomic E-state index is 12.5. The first-order valence-corrected chi connectivity index (χ1v) is 9.35. The van der Waals surface area contributed by atoms with E-state index in [0.29, 0.717) is 18.0 Å². The molecule has 25 heavy (non-hydrogen) atoms. The monoisotopic (exact) mass is 345 g/mol. The number of amides is 2. The van der Waals surface area contributed by atoms with Gasteiger partial charge in [-0.05, 0) is 64.0 Å². The van der Waals surface area contributed by atoms with Crippen LogP contribution in [0.5, 0.6) is 0 Å². The second kappa shape index (κ2) is 8.15. The topological polar surface area (TPSA) is 51.7 Å². The minimum Gasteiger partial charge on any atom is -0.336 e. The summed E-state index contributed by atoms with van der Waals surface area (Å²) >= 11 is 0. The van der Waals surface area contributed by atoms with Crippen molar-refractivity contribution in [2.45, 2.75) is 31.3 Å². The van der Waals surface area contributed by atoms with Crippen LogP contribution in [0.1, 0.15) is 30.9 Å². The van der Waals surface area contributed by atoms with E-state index in [1.165, 1.54) is 18.4 Å². The van der Waals surface area contributed by atoms with Crippen molar-refractivity contribution >= 4 is 6.03 Å². The zero-order valence-corrected chi connectivity index (χ0v) is 15.7. The molecule has 138 valence electrons. The lowest BCUT2D eigenvalue weighted by Gasteiger charge is -2.29. The quantitative estimate of drug-likeness (QED) is 0.884. The minimum atomic E-state index is 0.0415. The molecule has 2 fully saturated rings. The highest BCUT2D eigenvalue weighted by Gasteiger charge is 2.34. The standard InChI is InChI=1S/C19H31N5O/c1-22-10-5-7-17(22)13-21-19(25)24(3)14-16-8-11-23(2)18(16)15-6-4-9-20-12-15/h4,6,9,12,16-18H,5,7-8,10-11,13-14H2,1-3H3,(H,21,25)/t16-,17?,18-/m0/s1. The number of urea groups is 1. The maximum Gasteiger partial charge on any atom is 0.317 e. The van der Waals surface area contributed by atoms with Gasteiger partial charge in [-0.25, -0.2) is 4.79 Å². The van der Waals surface area contributed by atoms with Gasteiger partial charge in [-0.3, -0.25) is 9.88 Å². The predicted octanol–water partition coefficient (Wildman–Crippen LogP) is 1.81. The molecule has 1 unspecified atom stereocenters. The van der Waals surface area contributed by atoms with E-state index in [9.17, 15) is 4.79 Å². The van der Waals surface area contributed by atoms with Gasteiger partial charge in [0.25, 0.3) is 0 Å². The van der Waals surface area contributed by atoms with E-state index >= 15 is 0 Å². The number of hydrogen-bond donors (Lipinski definition) is 1. The number of hydrogen-bond acceptors (Lipinski definition) is 4. The summed E-state index contributed by atoms with van der Waals surface area (Å²) in [6.45, 7) is 3.72. The van der Waals surface area contributed by atoms with Crippen molar-refractivity contribution < 1.29 is 4.79 Å². The van der Waals surface area contributed by atoms with Crippen LogP contribution in [0.4, 0.5) is 4.79 Å². The third-order valence-electron chi connectivity index (χ3n) is 5.82. The van der Waals surface area contributed by atoms with Crippen molar-refractivity contribution in [1.29, 1.82) is 0 Å². The van der Waals surface area contributed by atoms with Gasteiger partial charge in [-0.15, -0.1) is 0 Å². The highest BCUT2D eigenvalue weighted by atomic mass is 16.2. The van der Waals surface area contributed by atoms with Gasteiger partial charge in [-0.1, -0.05) is 6.07 Å². The smallest absolute Gasteiger partial charge is 0.317 e. The van der Waals surface area contributed by atoms with Crippen LogP contribution in [0.3, 0.4) is 0 Å². The van der Waals surface area contributed by atoms with Gasteiger partial charge < -0.3 is 15.1 Å². The van der Waals surface area contributed by atoms with Crippen LogP contribution >= 0.6 is 0 Å². The van der Waals surface area contributed by atoms with Crippen molar-refractivity contribution in [1.82, 2.24) is 25.0 Å². The molecule has 1 aromatic rings. The Hall–Kier alpha value is -1.66. The molecule has 0 spiro atoms. The van der Waals surface area contributed by atoms with E-state index < -0.39 is 0 Å². The van der Waals surface area contributed by atoms with Gasteiger partial charge >= 0.3 is 6.03 Å². The Bertz CT molecular complexity index is 566. The van der Waals surface area contributed by atoms with E-state index in [1.807, 2.05) is 30.4 Å². The van der Waals surface area contributed by atoms with Gasteiger partial charge in [0.15, 0.2) is 0 Å². The fraction of sp³-hybridized carbons (Fsp3) is 0.684. The summed E-state index contributed by atoms with van der Waals surface area (Å²) in [6, 6.07) is 5.00. The largest absolute Gasteiger partial charge is 0.336 e. The van der Waals surface area contributed by atoms with Crippen LogP contribution in [0.25, 0.3) is 0 Å². The first kappa shape index (κ1) is 18.1. The average molecular weight is 345 g/mol. The SMILES string of the molecule is CN(C[C@@H]1CCN(C)[C@H]1c1cccnc1)C(=O)NCC1CCCN1C. The molecule has 3 heterocycles. The molecule has 0 bridgehead atoms. The first-order valence-electron chi connectivity index (χ1n) is 9.35. The molecular formula is C19H31N5O. The average Bonchev–Trinajstić information content (AvgIpc) is 3.19. The molecule has 2 amide bonds. The molecule has 2 saturated heterocycles. The molecule has 3 rings (SSSR count). The van der Waals surface area contributed by atoms with Crippen molar-refractivity contribution in [3.05, 3.63) is 30.1 Å². The third-order valence-corrected chi connectivity index (χ3v) is 5.82. The van der Waals surface area contributed by atoms with Gasteiger partial charge in [0.05, 0.1) is 0 Å². The Labute approximate surface area is 151 Å². The minimum absolute atomic E-state index is 0.0415. The molecule has 0 radical (unpaired) electrons. The third kappa shape index (κ3) is 4.30. The highest BCUT2D eigenvalue weighted by molar-refractivity contribution is 5.73. The van der Waals surface area contributed by atoms with Gasteiger partial charge in [0.2, 0.25) is 0 Å². The number of carbonyl (C=O) groups excluding carboxylic acids is 1. The Morgan fingerprint density at radius 2 is 2.16 bits per heavy atom. The lowest BCUT2D eigenvalue weighted by molar-refractivity contribution is 0.186. The molecule has 1 aromatic heterocycles. The molecule has 2 aliphatic heterocycles. The number of nitrogens with one attached hydrogen (secondary N) is 1. The summed E-state index contributed by atoms with van der Waals surface area (Å²) in [5.41, 5.74) is 1.24. The number of aromatic nitrogens is 1. The zero-order valence-electron chi connectivity index (χ0n) is 15.7. The van der Waals surface area contributed by atoms with E-state index in [2.05, 4.69) is 40.3 Å². The Morgan fingerprint density at radius 1 is 1.32 bits per heavy atom. The van der Waals surface area contributed by atoms with Gasteiger partial charge in [0, 0.05) is 44.6 Å². The predicted molar refractivity (Wildman–Crippen MR) is 99.4 cm³/mol. The molecule has 1 N–H and O–H groups in total. The summed E-state index contributed by atoms with van der Waals surface area (Å²) in [7, 11) is 6.21. The number of rotatable bonds is 5. The van der Waals surface area contributed by atoms with Crippen LogP contribution in [0.15, 0.2) is 24.5 Å². The summed E-state index contributed by atoms with van der Waals surface area (Å²) < 4.78 is 0. The Kier molecular flexibility index (Phi) is 5.91. The summed E-state index contributed by atoms with van der Waals surface area (Å²) in [5, 5.41) is 3.11. The van der Waals surface area contributed by atoms with Gasteiger partial charge in [0.1, 0.15) is 0 Å². The van der Waals surface area contributed by atoms with E-state index in [-0.39, 0.29) is 6.03 Å². The lowest BCUT2D eigenvalue weighted by atomic mass is 9.94. The normalized spacial score (nSPS) is 27.6. The lowest BCUT2D eigenvalue weighted by Crippen LogP contribution is -2.45. The van der Waals surface area contributed by atoms with E-state index in [0.717, 1.165) is 32.6 Å². The maximum atomic E-state index is 12.5. The second-order valence-electron chi connectivity index (χ2n) is 7.60. The van der Waals surface area contributed by atoms with Crippen LogP contribution in [-0.4, -0.2) is 79.1 Å². The molecule has 0 aromatic carbocycles. The number of likely N-dealkylation sites (N-methyl/N-ethyl adjacent to an activating group) is 1. The molecule has 2 aliphatic rings. The molecule has 0 saturated carbocycles.